The van der Waals surface area contributed by atoms with Crippen molar-refractivity contribution in [2.75, 3.05) is 6.54 Å². The molecule has 3 rings (SSSR count). The summed E-state index contributed by atoms with van der Waals surface area (Å²) in [6.45, 7) is 1.23. The van der Waals surface area contributed by atoms with Crippen molar-refractivity contribution in [2.45, 2.75) is 57.4 Å². The molecule has 110 valence electrons. The Balaban J connectivity index is 1.62. The monoisotopic (exact) mass is 291 g/mol. The summed E-state index contributed by atoms with van der Waals surface area (Å²) in [5.41, 5.74) is 1.42. The van der Waals surface area contributed by atoms with E-state index in [-0.39, 0.29) is 0 Å². The molecule has 2 aliphatic carbocycles. The molecule has 1 aromatic carbocycles. The molecule has 0 radical (unpaired) electrons. The molecule has 2 unspecified atom stereocenters. The van der Waals surface area contributed by atoms with Crippen LogP contribution in [0.15, 0.2) is 24.3 Å². The van der Waals surface area contributed by atoms with E-state index in [0.717, 1.165) is 22.9 Å². The van der Waals surface area contributed by atoms with Gasteiger partial charge in [0.1, 0.15) is 0 Å². The van der Waals surface area contributed by atoms with Gasteiger partial charge in [-0.1, -0.05) is 43.0 Å². The number of hydrogen-bond acceptors (Lipinski definition) is 1. The first-order chi connectivity index (χ1) is 9.81. The lowest BCUT2D eigenvalue weighted by atomic mass is 9.83. The fourth-order valence-electron chi connectivity index (χ4n) is 3.57. The second-order valence-electron chi connectivity index (χ2n) is 6.67. The average Bonchev–Trinajstić information content (AvgIpc) is 3.24. The van der Waals surface area contributed by atoms with Crippen LogP contribution in [0.2, 0.25) is 5.02 Å². The molecule has 1 N–H and O–H groups in total. The topological polar surface area (TPSA) is 12.0 Å². The van der Waals surface area contributed by atoms with Crippen LogP contribution in [0.4, 0.5) is 0 Å². The quantitative estimate of drug-likeness (QED) is 0.766. The van der Waals surface area contributed by atoms with Gasteiger partial charge >= 0.3 is 0 Å². The van der Waals surface area contributed by atoms with Crippen molar-refractivity contribution in [3.05, 3.63) is 34.9 Å². The minimum absolute atomic E-state index is 0.835. The fraction of sp³-hybridized carbons (Fsp3) is 0.667. The maximum atomic E-state index is 6.13. The van der Waals surface area contributed by atoms with Gasteiger partial charge in [0.05, 0.1) is 0 Å². The van der Waals surface area contributed by atoms with Gasteiger partial charge < -0.3 is 5.32 Å². The van der Waals surface area contributed by atoms with Crippen molar-refractivity contribution in [2.24, 2.45) is 11.8 Å². The minimum atomic E-state index is 0.835. The number of halogens is 1. The van der Waals surface area contributed by atoms with Crippen molar-refractivity contribution >= 4 is 11.6 Å². The smallest absolute Gasteiger partial charge is 0.0408 e. The Labute approximate surface area is 128 Å². The molecule has 20 heavy (non-hydrogen) atoms. The van der Waals surface area contributed by atoms with Crippen molar-refractivity contribution in [1.82, 2.24) is 5.32 Å². The first-order valence-electron chi connectivity index (χ1n) is 8.29. The highest BCUT2D eigenvalue weighted by molar-refractivity contribution is 6.30. The molecule has 0 spiro atoms. The Kier molecular flexibility index (Phi) is 5.01. The summed E-state index contributed by atoms with van der Waals surface area (Å²) in [7, 11) is 0. The van der Waals surface area contributed by atoms with Gasteiger partial charge in [0.25, 0.3) is 0 Å². The molecule has 0 bridgehead atoms. The predicted octanol–water partition coefficient (Wildman–Crippen LogP) is 4.83. The second kappa shape index (κ2) is 6.95. The Morgan fingerprint density at radius 3 is 2.55 bits per heavy atom. The highest BCUT2D eigenvalue weighted by atomic mass is 35.5. The van der Waals surface area contributed by atoms with Gasteiger partial charge in [-0.25, -0.2) is 0 Å². The molecule has 0 heterocycles. The summed E-state index contributed by atoms with van der Waals surface area (Å²) in [5, 5.41) is 4.63. The molecule has 2 saturated carbocycles. The number of hydrogen-bond donors (Lipinski definition) is 1. The normalized spacial score (nSPS) is 27.2. The molecule has 0 aliphatic heterocycles. The lowest BCUT2D eigenvalue weighted by molar-refractivity contribution is 0.297. The largest absolute Gasteiger partial charge is 0.314 e. The van der Waals surface area contributed by atoms with Crippen molar-refractivity contribution in [1.29, 1.82) is 0 Å². The third-order valence-corrected chi connectivity index (χ3v) is 5.18. The van der Waals surface area contributed by atoms with Crippen LogP contribution in [0.1, 0.15) is 50.5 Å². The predicted molar refractivity (Wildman–Crippen MR) is 86.2 cm³/mol. The maximum absolute atomic E-state index is 6.13. The van der Waals surface area contributed by atoms with Gasteiger partial charge in [-0.3, -0.25) is 0 Å². The van der Waals surface area contributed by atoms with Crippen LogP contribution in [0.5, 0.6) is 0 Å². The summed E-state index contributed by atoms with van der Waals surface area (Å²) in [5.74, 6) is 1.69. The third-order valence-electron chi connectivity index (χ3n) is 4.95. The minimum Gasteiger partial charge on any atom is -0.314 e. The molecular formula is C18H26ClN. The fourth-order valence-corrected chi connectivity index (χ4v) is 3.78. The van der Waals surface area contributed by atoms with Gasteiger partial charge in [0.15, 0.2) is 0 Å². The van der Waals surface area contributed by atoms with E-state index in [4.69, 9.17) is 11.6 Å². The summed E-state index contributed by atoms with van der Waals surface area (Å²) in [6, 6.07) is 9.29. The lowest BCUT2D eigenvalue weighted by Crippen LogP contribution is -2.30. The van der Waals surface area contributed by atoms with Gasteiger partial charge in [-0.05, 0) is 68.2 Å². The first-order valence-corrected chi connectivity index (χ1v) is 8.67. The zero-order valence-electron chi connectivity index (χ0n) is 12.3. The van der Waals surface area contributed by atoms with E-state index in [9.17, 15) is 0 Å². The average molecular weight is 292 g/mol. The van der Waals surface area contributed by atoms with E-state index < -0.39 is 0 Å². The summed E-state index contributed by atoms with van der Waals surface area (Å²) in [4.78, 5) is 0. The summed E-state index contributed by atoms with van der Waals surface area (Å²) in [6.07, 6.45) is 11.0. The molecule has 2 fully saturated rings. The van der Waals surface area contributed by atoms with Crippen LogP contribution in [0.3, 0.4) is 0 Å². The van der Waals surface area contributed by atoms with Crippen molar-refractivity contribution in [3.8, 4) is 0 Å². The van der Waals surface area contributed by atoms with E-state index >= 15 is 0 Å². The lowest BCUT2D eigenvalue weighted by Gasteiger charge is -2.26. The maximum Gasteiger partial charge on any atom is 0.0408 e. The van der Waals surface area contributed by atoms with Crippen molar-refractivity contribution < 1.29 is 0 Å². The van der Waals surface area contributed by atoms with Crippen LogP contribution >= 0.6 is 11.6 Å². The van der Waals surface area contributed by atoms with Crippen molar-refractivity contribution in [3.63, 3.8) is 0 Å². The van der Waals surface area contributed by atoms with Gasteiger partial charge in [0, 0.05) is 11.1 Å². The molecule has 1 nitrogen and oxygen atoms in total. The van der Waals surface area contributed by atoms with Crippen LogP contribution in [-0.2, 0) is 6.42 Å². The van der Waals surface area contributed by atoms with Gasteiger partial charge in [0.2, 0.25) is 0 Å². The Morgan fingerprint density at radius 1 is 1.00 bits per heavy atom. The standard InChI is InChI=1S/C18H26ClN/c19-17-8-4-5-14(12-17)11-15-6-2-1-3-7-16(15)13-20-18-9-10-18/h4-5,8,12,15-16,18,20H,1-3,6-7,9-11,13H2. The molecule has 2 atom stereocenters. The van der Waals surface area contributed by atoms with Crippen LogP contribution in [-0.4, -0.2) is 12.6 Å². The molecule has 0 aromatic heterocycles. The molecule has 2 heteroatoms. The Morgan fingerprint density at radius 2 is 1.80 bits per heavy atom. The number of benzene rings is 1. The zero-order chi connectivity index (χ0) is 13.8. The highest BCUT2D eigenvalue weighted by Crippen LogP contribution is 2.32. The SMILES string of the molecule is Clc1cccc(CC2CCCCCC2CNC2CC2)c1. The van der Waals surface area contributed by atoms with E-state index in [0.29, 0.717) is 0 Å². The molecule has 2 aliphatic rings. The van der Waals surface area contributed by atoms with E-state index in [1.165, 1.54) is 63.5 Å². The van der Waals surface area contributed by atoms with E-state index in [2.05, 4.69) is 23.5 Å². The molecule has 0 amide bonds. The number of rotatable bonds is 5. The van der Waals surface area contributed by atoms with E-state index in [1.54, 1.807) is 0 Å². The van der Waals surface area contributed by atoms with Crippen LogP contribution in [0.25, 0.3) is 0 Å². The van der Waals surface area contributed by atoms with Gasteiger partial charge in [-0.15, -0.1) is 0 Å². The molecule has 0 saturated heterocycles. The van der Waals surface area contributed by atoms with Crippen LogP contribution in [0, 0.1) is 11.8 Å². The third kappa shape index (κ3) is 4.23. The zero-order valence-corrected chi connectivity index (χ0v) is 13.0. The van der Waals surface area contributed by atoms with E-state index in [1.807, 2.05) is 6.07 Å². The highest BCUT2D eigenvalue weighted by Gasteiger charge is 2.27. The number of nitrogens with one attached hydrogen (secondary N) is 1. The summed E-state index contributed by atoms with van der Waals surface area (Å²) >= 11 is 6.13. The molecule has 1 aromatic rings. The van der Waals surface area contributed by atoms with Gasteiger partial charge in [-0.2, -0.15) is 0 Å². The second-order valence-corrected chi connectivity index (χ2v) is 7.11. The van der Waals surface area contributed by atoms with Crippen LogP contribution < -0.4 is 5.32 Å². The molecular weight excluding hydrogens is 266 g/mol. The summed E-state index contributed by atoms with van der Waals surface area (Å²) < 4.78 is 0. The first kappa shape index (κ1) is 14.4. The Bertz CT molecular complexity index is 427. The Hall–Kier alpha value is -0.530.